The van der Waals surface area contributed by atoms with Crippen LogP contribution < -0.4 is 11.3 Å². The van der Waals surface area contributed by atoms with E-state index in [1.165, 1.54) is 12.7 Å². The van der Waals surface area contributed by atoms with Gasteiger partial charge in [0.1, 0.15) is 12.0 Å². The third-order valence-corrected chi connectivity index (χ3v) is 3.62. The molecular weight excluding hydrogens is 246 g/mol. The molecule has 1 atom stereocenters. The molecule has 2 rings (SSSR count). The van der Waals surface area contributed by atoms with Crippen molar-refractivity contribution < 1.29 is 14.3 Å². The van der Waals surface area contributed by atoms with Gasteiger partial charge in [-0.1, -0.05) is 12.8 Å². The lowest BCUT2D eigenvalue weighted by atomic mass is 10.1. The van der Waals surface area contributed by atoms with Crippen LogP contribution in [0.15, 0.2) is 16.7 Å². The van der Waals surface area contributed by atoms with Gasteiger partial charge in [-0.15, -0.1) is 0 Å². The highest BCUT2D eigenvalue weighted by molar-refractivity contribution is 5.93. The summed E-state index contributed by atoms with van der Waals surface area (Å²) in [5, 5.41) is 9.44. The molecule has 0 saturated carbocycles. The van der Waals surface area contributed by atoms with E-state index in [9.17, 15) is 9.90 Å². The van der Waals surface area contributed by atoms with Crippen LogP contribution in [-0.2, 0) is 6.54 Å². The number of rotatable bonds is 4. The summed E-state index contributed by atoms with van der Waals surface area (Å²) >= 11 is 0. The van der Waals surface area contributed by atoms with Crippen molar-refractivity contribution in [3.8, 4) is 0 Å². The van der Waals surface area contributed by atoms with Gasteiger partial charge in [-0.3, -0.25) is 15.1 Å². The molecule has 0 radical (unpaired) electrons. The van der Waals surface area contributed by atoms with Gasteiger partial charge < -0.3 is 9.52 Å². The molecular formula is C13H21N3O3. The standard InChI is InChI=1S/C13H21N3O3/c14-15-13(18)10-6-12(19-9-10)7-16-5-3-1-2-4-11(16)8-17/h6,9,11,17H,1-5,7-8,14H2,(H,15,18). The number of hydrazine groups is 1. The summed E-state index contributed by atoms with van der Waals surface area (Å²) in [6.45, 7) is 1.73. The van der Waals surface area contributed by atoms with Crippen LogP contribution in [0.25, 0.3) is 0 Å². The highest BCUT2D eigenvalue weighted by Crippen LogP contribution is 2.20. The van der Waals surface area contributed by atoms with Crippen LogP contribution in [-0.4, -0.2) is 35.1 Å². The average Bonchev–Trinajstić information content (AvgIpc) is 2.77. The molecule has 2 heterocycles. The molecule has 1 unspecified atom stereocenters. The molecule has 4 N–H and O–H groups in total. The van der Waals surface area contributed by atoms with E-state index in [1.54, 1.807) is 6.07 Å². The van der Waals surface area contributed by atoms with E-state index < -0.39 is 0 Å². The maximum Gasteiger partial charge on any atom is 0.268 e. The van der Waals surface area contributed by atoms with Gasteiger partial charge in [0.15, 0.2) is 0 Å². The highest BCUT2D eigenvalue weighted by Gasteiger charge is 2.21. The predicted octanol–water partition coefficient (Wildman–Crippen LogP) is 0.620. The topological polar surface area (TPSA) is 91.7 Å². The molecule has 0 aliphatic carbocycles. The molecule has 1 aromatic heterocycles. The van der Waals surface area contributed by atoms with Crippen LogP contribution >= 0.6 is 0 Å². The third-order valence-electron chi connectivity index (χ3n) is 3.62. The second kappa shape index (κ2) is 6.70. The van der Waals surface area contributed by atoms with Crippen LogP contribution in [0.4, 0.5) is 0 Å². The smallest absolute Gasteiger partial charge is 0.268 e. The van der Waals surface area contributed by atoms with E-state index in [2.05, 4.69) is 10.3 Å². The molecule has 1 fully saturated rings. The van der Waals surface area contributed by atoms with Crippen molar-refractivity contribution in [3.63, 3.8) is 0 Å². The SMILES string of the molecule is NNC(=O)c1coc(CN2CCCCCC2CO)c1. The largest absolute Gasteiger partial charge is 0.467 e. The first-order chi connectivity index (χ1) is 9.24. The molecule has 1 aliphatic rings. The Kier molecular flexibility index (Phi) is 4.95. The van der Waals surface area contributed by atoms with Crippen molar-refractivity contribution in [2.45, 2.75) is 38.3 Å². The van der Waals surface area contributed by atoms with E-state index in [0.717, 1.165) is 31.6 Å². The Morgan fingerprint density at radius 3 is 3.11 bits per heavy atom. The van der Waals surface area contributed by atoms with Crippen molar-refractivity contribution in [2.24, 2.45) is 5.84 Å². The zero-order valence-electron chi connectivity index (χ0n) is 11.0. The van der Waals surface area contributed by atoms with Crippen LogP contribution in [0.2, 0.25) is 0 Å². The van der Waals surface area contributed by atoms with Gasteiger partial charge >= 0.3 is 0 Å². The van der Waals surface area contributed by atoms with Crippen molar-refractivity contribution in [3.05, 3.63) is 23.7 Å². The Morgan fingerprint density at radius 1 is 1.53 bits per heavy atom. The van der Waals surface area contributed by atoms with Gasteiger partial charge in [0.25, 0.3) is 5.91 Å². The summed E-state index contributed by atoms with van der Waals surface area (Å²) in [5.74, 6) is 5.44. The lowest BCUT2D eigenvalue weighted by Crippen LogP contribution is -2.36. The van der Waals surface area contributed by atoms with Crippen LogP contribution in [0.1, 0.15) is 41.8 Å². The fraction of sp³-hybridized carbons (Fsp3) is 0.615. The minimum atomic E-state index is -0.357. The van der Waals surface area contributed by atoms with E-state index in [4.69, 9.17) is 10.3 Å². The normalized spacial score (nSPS) is 21.1. The predicted molar refractivity (Wildman–Crippen MR) is 70.1 cm³/mol. The highest BCUT2D eigenvalue weighted by atomic mass is 16.3. The number of carbonyl (C=O) groups excluding carboxylic acids is 1. The number of hydrogen-bond donors (Lipinski definition) is 3. The number of likely N-dealkylation sites (tertiary alicyclic amines) is 1. The summed E-state index contributed by atoms with van der Waals surface area (Å²) in [6, 6.07) is 1.88. The minimum Gasteiger partial charge on any atom is -0.467 e. The average molecular weight is 267 g/mol. The van der Waals surface area contributed by atoms with Crippen LogP contribution in [0.5, 0.6) is 0 Å². The van der Waals surface area contributed by atoms with Gasteiger partial charge in [-0.25, -0.2) is 5.84 Å². The molecule has 106 valence electrons. The number of nitrogens with zero attached hydrogens (tertiary/aromatic N) is 1. The summed E-state index contributed by atoms with van der Waals surface area (Å²) < 4.78 is 5.38. The summed E-state index contributed by atoms with van der Waals surface area (Å²) in [6.07, 6.45) is 5.90. The third kappa shape index (κ3) is 3.56. The Labute approximate surface area is 112 Å². The fourth-order valence-corrected chi connectivity index (χ4v) is 2.52. The number of aliphatic hydroxyl groups excluding tert-OH is 1. The van der Waals surface area contributed by atoms with E-state index in [0.29, 0.717) is 12.1 Å². The van der Waals surface area contributed by atoms with Crippen LogP contribution in [0.3, 0.4) is 0 Å². The first-order valence-electron chi connectivity index (χ1n) is 6.68. The molecule has 19 heavy (non-hydrogen) atoms. The molecule has 1 saturated heterocycles. The van der Waals surface area contributed by atoms with Gasteiger partial charge in [0, 0.05) is 6.04 Å². The van der Waals surface area contributed by atoms with Gasteiger partial charge in [0.2, 0.25) is 0 Å². The first-order valence-corrected chi connectivity index (χ1v) is 6.68. The molecule has 0 aromatic carbocycles. The van der Waals surface area contributed by atoms with Crippen molar-refractivity contribution >= 4 is 5.91 Å². The summed E-state index contributed by atoms with van der Waals surface area (Å²) in [7, 11) is 0. The Bertz CT molecular complexity index is 419. The number of nitrogens with one attached hydrogen (secondary N) is 1. The first kappa shape index (κ1) is 14.0. The molecule has 6 heteroatoms. The van der Waals surface area contributed by atoms with Crippen molar-refractivity contribution in [2.75, 3.05) is 13.2 Å². The van der Waals surface area contributed by atoms with E-state index in [1.807, 2.05) is 0 Å². The lowest BCUT2D eigenvalue weighted by molar-refractivity contribution is 0.0953. The summed E-state index contributed by atoms with van der Waals surface area (Å²) in [5.41, 5.74) is 2.50. The number of amides is 1. The quantitative estimate of drug-likeness (QED) is 0.422. The summed E-state index contributed by atoms with van der Waals surface area (Å²) in [4.78, 5) is 13.6. The van der Waals surface area contributed by atoms with Gasteiger partial charge in [0.05, 0.1) is 18.7 Å². The molecule has 1 aromatic rings. The zero-order chi connectivity index (χ0) is 13.7. The molecule has 0 spiro atoms. The Balaban J connectivity index is 2.02. The van der Waals surface area contributed by atoms with E-state index in [-0.39, 0.29) is 18.6 Å². The van der Waals surface area contributed by atoms with Gasteiger partial charge in [-0.05, 0) is 25.5 Å². The maximum atomic E-state index is 11.3. The fourth-order valence-electron chi connectivity index (χ4n) is 2.52. The number of carbonyl (C=O) groups is 1. The minimum absolute atomic E-state index is 0.164. The number of aliphatic hydroxyl groups is 1. The second-order valence-electron chi connectivity index (χ2n) is 4.93. The number of hydrogen-bond acceptors (Lipinski definition) is 5. The van der Waals surface area contributed by atoms with Crippen molar-refractivity contribution in [1.29, 1.82) is 0 Å². The zero-order valence-corrected chi connectivity index (χ0v) is 11.0. The van der Waals surface area contributed by atoms with Crippen molar-refractivity contribution in [1.82, 2.24) is 10.3 Å². The number of nitrogen functional groups attached to an aromatic ring is 1. The molecule has 1 aliphatic heterocycles. The maximum absolute atomic E-state index is 11.3. The second-order valence-corrected chi connectivity index (χ2v) is 4.93. The van der Waals surface area contributed by atoms with Crippen LogP contribution in [0, 0.1) is 0 Å². The number of furan rings is 1. The Hall–Kier alpha value is -1.37. The molecule has 6 nitrogen and oxygen atoms in total. The Morgan fingerprint density at radius 2 is 2.37 bits per heavy atom. The lowest BCUT2D eigenvalue weighted by Gasteiger charge is -2.27. The molecule has 0 bridgehead atoms. The van der Waals surface area contributed by atoms with Gasteiger partial charge in [-0.2, -0.15) is 0 Å². The monoisotopic (exact) mass is 267 g/mol. The molecule has 1 amide bonds. The van der Waals surface area contributed by atoms with E-state index >= 15 is 0 Å². The number of nitrogens with two attached hydrogens (primary N) is 1.